The Morgan fingerprint density at radius 1 is 0.812 bits per heavy atom. The third-order valence-electron chi connectivity index (χ3n) is 8.47. The fourth-order valence-corrected chi connectivity index (χ4v) is 6.20. The van der Waals surface area contributed by atoms with Gasteiger partial charge in [0.15, 0.2) is 0 Å². The highest BCUT2D eigenvalue weighted by Crippen LogP contribution is 2.44. The van der Waals surface area contributed by atoms with Gasteiger partial charge in [0.1, 0.15) is 12.6 Å². The fourth-order valence-electron chi connectivity index (χ4n) is 6.20. The molecular formula is C39H47N3O6. The number of nitrogens with zero attached hydrogens (tertiary/aromatic N) is 1. The van der Waals surface area contributed by atoms with Crippen LogP contribution < -0.4 is 10.7 Å². The number of hydrogen-bond donors (Lipinski definition) is 3. The van der Waals surface area contributed by atoms with Crippen LogP contribution in [0.25, 0.3) is 17.2 Å². The van der Waals surface area contributed by atoms with E-state index in [0.29, 0.717) is 6.42 Å². The van der Waals surface area contributed by atoms with Crippen molar-refractivity contribution in [3.8, 4) is 11.1 Å². The maximum atomic E-state index is 13.7. The van der Waals surface area contributed by atoms with E-state index in [4.69, 9.17) is 4.74 Å². The number of carbonyl (C=O) groups is 4. The summed E-state index contributed by atoms with van der Waals surface area (Å²) in [5.41, 5.74) is 8.02. The molecule has 0 fully saturated rings. The molecule has 3 aromatic carbocycles. The molecule has 0 radical (unpaired) electrons. The molecule has 0 aliphatic heterocycles. The summed E-state index contributed by atoms with van der Waals surface area (Å²) >= 11 is 0. The second-order valence-corrected chi connectivity index (χ2v) is 13.2. The van der Waals surface area contributed by atoms with Crippen molar-refractivity contribution in [1.82, 2.24) is 15.8 Å². The standard InChI is InChI=1S/C39H47N3O6/c1-25(2)22-34(33(38(45)46)21-13-16-28-14-7-6-8-15-28)36(43)41-42(23-26(3)4)37(44)27(5)40-39(47)48-24-35-31-19-11-9-17-29(31)30-18-10-12-20-32(30)35/h6-20,25-27,33-35H,21-24H2,1-5H3,(H,40,47)(H,41,43)(H,45,46)/t27-,33+,34-/m1/s1. The van der Waals surface area contributed by atoms with E-state index in [-0.39, 0.29) is 37.3 Å². The zero-order valence-electron chi connectivity index (χ0n) is 28.4. The van der Waals surface area contributed by atoms with E-state index in [9.17, 15) is 24.3 Å². The Labute approximate surface area is 283 Å². The number of alkyl carbamates (subject to hydrolysis) is 1. The molecule has 3 amide bonds. The van der Waals surface area contributed by atoms with E-state index in [1.54, 1.807) is 6.08 Å². The zero-order chi connectivity index (χ0) is 34.8. The van der Waals surface area contributed by atoms with E-state index in [1.165, 1.54) is 11.9 Å². The average Bonchev–Trinajstić information content (AvgIpc) is 3.37. The summed E-state index contributed by atoms with van der Waals surface area (Å²) in [7, 11) is 0. The number of aliphatic carboxylic acids is 1. The first-order valence-corrected chi connectivity index (χ1v) is 16.6. The van der Waals surface area contributed by atoms with Gasteiger partial charge in [0.25, 0.3) is 5.91 Å². The van der Waals surface area contributed by atoms with Crippen molar-refractivity contribution in [1.29, 1.82) is 0 Å². The molecule has 0 heterocycles. The summed E-state index contributed by atoms with van der Waals surface area (Å²) in [6.45, 7) is 9.45. The minimum absolute atomic E-state index is 0.0245. The highest BCUT2D eigenvalue weighted by Gasteiger charge is 2.36. The topological polar surface area (TPSA) is 125 Å². The van der Waals surface area contributed by atoms with Gasteiger partial charge in [-0.2, -0.15) is 0 Å². The lowest BCUT2D eigenvalue weighted by Crippen LogP contribution is -2.56. The third kappa shape index (κ3) is 9.33. The van der Waals surface area contributed by atoms with Crippen LogP contribution in [0.3, 0.4) is 0 Å². The lowest BCUT2D eigenvalue weighted by atomic mass is 9.82. The second kappa shape index (κ2) is 16.8. The maximum Gasteiger partial charge on any atom is 0.407 e. The Kier molecular flexibility index (Phi) is 12.5. The lowest BCUT2D eigenvalue weighted by Gasteiger charge is -2.31. The molecule has 0 saturated carbocycles. The van der Waals surface area contributed by atoms with Crippen LogP contribution in [0.4, 0.5) is 4.79 Å². The summed E-state index contributed by atoms with van der Waals surface area (Å²) in [6, 6.07) is 24.6. The van der Waals surface area contributed by atoms with E-state index in [0.717, 1.165) is 27.8 Å². The van der Waals surface area contributed by atoms with Crippen molar-refractivity contribution in [2.75, 3.05) is 13.2 Å². The SMILES string of the molecule is CC(C)C[C@@H](C(=O)NN(CC(C)C)C(=O)[C@@H](C)NC(=O)OCC1c2ccccc2-c2ccccc21)[C@H](CC=Cc1ccccc1)C(=O)O. The van der Waals surface area contributed by atoms with Crippen LogP contribution in [-0.2, 0) is 19.1 Å². The lowest BCUT2D eigenvalue weighted by molar-refractivity contribution is -0.151. The Bertz CT molecular complexity index is 1560. The molecule has 0 saturated heterocycles. The van der Waals surface area contributed by atoms with E-state index in [1.807, 2.05) is 101 Å². The van der Waals surface area contributed by atoms with Crippen molar-refractivity contribution >= 4 is 30.0 Å². The van der Waals surface area contributed by atoms with Crippen LogP contribution in [0.5, 0.6) is 0 Å². The first-order valence-electron chi connectivity index (χ1n) is 16.6. The summed E-state index contributed by atoms with van der Waals surface area (Å²) < 4.78 is 5.63. The Morgan fingerprint density at radius 2 is 1.40 bits per heavy atom. The zero-order valence-corrected chi connectivity index (χ0v) is 28.4. The van der Waals surface area contributed by atoms with Gasteiger partial charge in [0.05, 0.1) is 11.8 Å². The maximum absolute atomic E-state index is 13.7. The van der Waals surface area contributed by atoms with Crippen molar-refractivity contribution in [2.45, 2.75) is 59.4 Å². The molecule has 1 aliphatic rings. The number of ether oxygens (including phenoxy) is 1. The van der Waals surface area contributed by atoms with E-state index < -0.39 is 41.8 Å². The molecule has 48 heavy (non-hydrogen) atoms. The number of hydrogen-bond acceptors (Lipinski definition) is 5. The summed E-state index contributed by atoms with van der Waals surface area (Å²) in [6.07, 6.45) is 3.33. The molecule has 3 atom stereocenters. The van der Waals surface area contributed by atoms with Gasteiger partial charge in [0, 0.05) is 12.5 Å². The van der Waals surface area contributed by atoms with Gasteiger partial charge in [-0.3, -0.25) is 24.8 Å². The number of hydrazine groups is 1. The molecule has 0 unspecified atom stereocenters. The number of nitrogens with one attached hydrogen (secondary N) is 2. The number of benzene rings is 3. The summed E-state index contributed by atoms with van der Waals surface area (Å²) in [5, 5.41) is 14.0. The third-order valence-corrected chi connectivity index (χ3v) is 8.47. The molecule has 0 bridgehead atoms. The monoisotopic (exact) mass is 653 g/mol. The molecule has 3 N–H and O–H groups in total. The molecule has 9 nitrogen and oxygen atoms in total. The Balaban J connectivity index is 1.41. The summed E-state index contributed by atoms with van der Waals surface area (Å²) in [4.78, 5) is 52.7. The molecule has 1 aliphatic carbocycles. The molecule has 0 aromatic heterocycles. The number of amides is 3. The molecule has 4 rings (SSSR count). The number of rotatable bonds is 14. The first kappa shape index (κ1) is 35.9. The molecule has 3 aromatic rings. The van der Waals surface area contributed by atoms with Crippen molar-refractivity contribution in [3.05, 3.63) is 102 Å². The van der Waals surface area contributed by atoms with Crippen LogP contribution in [0.1, 0.15) is 70.1 Å². The quantitative estimate of drug-likeness (QED) is 0.163. The van der Waals surface area contributed by atoms with Crippen LogP contribution in [0.15, 0.2) is 84.9 Å². The Hall–Kier alpha value is -4.92. The van der Waals surface area contributed by atoms with Crippen LogP contribution in [0.2, 0.25) is 0 Å². The summed E-state index contributed by atoms with van der Waals surface area (Å²) in [5.74, 6) is -4.19. The average molecular weight is 654 g/mol. The second-order valence-electron chi connectivity index (χ2n) is 13.2. The number of fused-ring (bicyclic) bond motifs is 3. The van der Waals surface area contributed by atoms with Crippen LogP contribution in [0, 0.1) is 23.7 Å². The number of allylic oxidation sites excluding steroid dienone is 1. The van der Waals surface area contributed by atoms with Gasteiger partial charge >= 0.3 is 12.1 Å². The molecule has 9 heteroatoms. The number of carboxylic acids is 1. The van der Waals surface area contributed by atoms with Gasteiger partial charge in [0.2, 0.25) is 5.91 Å². The minimum Gasteiger partial charge on any atom is -0.481 e. The van der Waals surface area contributed by atoms with Gasteiger partial charge < -0.3 is 15.2 Å². The predicted octanol–water partition coefficient (Wildman–Crippen LogP) is 6.90. The van der Waals surface area contributed by atoms with Crippen molar-refractivity contribution < 1.29 is 29.0 Å². The predicted molar refractivity (Wildman–Crippen MR) is 187 cm³/mol. The fraction of sp³-hybridized carbons (Fsp3) is 0.385. The van der Waals surface area contributed by atoms with Crippen molar-refractivity contribution in [3.63, 3.8) is 0 Å². The van der Waals surface area contributed by atoms with Crippen LogP contribution in [-0.4, -0.2) is 53.2 Å². The Morgan fingerprint density at radius 3 is 1.96 bits per heavy atom. The largest absolute Gasteiger partial charge is 0.481 e. The van der Waals surface area contributed by atoms with E-state index in [2.05, 4.69) is 22.9 Å². The van der Waals surface area contributed by atoms with Gasteiger partial charge in [-0.1, -0.05) is 119 Å². The molecule has 0 spiro atoms. The van der Waals surface area contributed by atoms with E-state index >= 15 is 0 Å². The molecule has 254 valence electrons. The van der Waals surface area contributed by atoms with Crippen LogP contribution >= 0.6 is 0 Å². The van der Waals surface area contributed by atoms with Gasteiger partial charge in [-0.15, -0.1) is 0 Å². The number of carboxylic acid groups (broad SMARTS) is 1. The highest BCUT2D eigenvalue weighted by molar-refractivity contribution is 5.90. The van der Waals surface area contributed by atoms with Gasteiger partial charge in [-0.25, -0.2) is 4.79 Å². The molecular weight excluding hydrogens is 606 g/mol. The highest BCUT2D eigenvalue weighted by atomic mass is 16.5. The minimum atomic E-state index is -1.08. The van der Waals surface area contributed by atoms with Crippen molar-refractivity contribution in [2.24, 2.45) is 23.7 Å². The smallest absolute Gasteiger partial charge is 0.407 e. The first-order chi connectivity index (χ1) is 23.0. The van der Waals surface area contributed by atoms with Gasteiger partial charge in [-0.05, 0) is 59.4 Å². The number of carbonyl (C=O) groups excluding carboxylic acids is 3. The normalized spacial score (nSPS) is 14.2.